The van der Waals surface area contributed by atoms with Crippen LogP contribution in [0.5, 0.6) is 0 Å². The molecular formula is C15H13Br2NO. The lowest BCUT2D eigenvalue weighted by molar-refractivity contribution is 0.102. The molecule has 98 valence electrons. The fourth-order valence-corrected chi connectivity index (χ4v) is 3.04. The van der Waals surface area contributed by atoms with E-state index in [0.717, 1.165) is 26.6 Å². The van der Waals surface area contributed by atoms with Crippen LogP contribution < -0.4 is 5.32 Å². The SMILES string of the molecule is CCc1ccccc1NC(=O)c1ccc(Br)cc1Br. The van der Waals surface area contributed by atoms with Gasteiger partial charge in [-0.3, -0.25) is 4.79 Å². The lowest BCUT2D eigenvalue weighted by Crippen LogP contribution is -2.13. The van der Waals surface area contributed by atoms with Crippen molar-refractivity contribution >= 4 is 43.5 Å². The van der Waals surface area contributed by atoms with Gasteiger partial charge in [-0.05, 0) is 52.2 Å². The molecule has 4 heteroatoms. The number of aryl methyl sites for hydroxylation is 1. The quantitative estimate of drug-likeness (QED) is 0.792. The van der Waals surface area contributed by atoms with Crippen molar-refractivity contribution in [2.24, 2.45) is 0 Å². The van der Waals surface area contributed by atoms with Gasteiger partial charge in [-0.2, -0.15) is 0 Å². The average Bonchev–Trinajstić information content (AvgIpc) is 2.39. The molecule has 1 amide bonds. The van der Waals surface area contributed by atoms with Gasteiger partial charge in [0.1, 0.15) is 0 Å². The van der Waals surface area contributed by atoms with E-state index in [1.165, 1.54) is 0 Å². The molecule has 0 radical (unpaired) electrons. The van der Waals surface area contributed by atoms with Crippen LogP contribution in [0.25, 0.3) is 0 Å². The summed E-state index contributed by atoms with van der Waals surface area (Å²) < 4.78 is 1.71. The first-order valence-electron chi connectivity index (χ1n) is 5.96. The van der Waals surface area contributed by atoms with Crippen LogP contribution in [0.3, 0.4) is 0 Å². The van der Waals surface area contributed by atoms with Gasteiger partial charge in [0.05, 0.1) is 5.56 Å². The van der Waals surface area contributed by atoms with Gasteiger partial charge in [-0.15, -0.1) is 0 Å². The van der Waals surface area contributed by atoms with E-state index >= 15 is 0 Å². The van der Waals surface area contributed by atoms with E-state index in [-0.39, 0.29) is 5.91 Å². The number of para-hydroxylation sites is 1. The highest BCUT2D eigenvalue weighted by Crippen LogP contribution is 2.24. The predicted molar refractivity (Wildman–Crippen MR) is 85.6 cm³/mol. The molecule has 1 N–H and O–H groups in total. The van der Waals surface area contributed by atoms with E-state index in [0.29, 0.717) is 5.56 Å². The first-order chi connectivity index (χ1) is 9.11. The molecular weight excluding hydrogens is 370 g/mol. The maximum Gasteiger partial charge on any atom is 0.256 e. The third kappa shape index (κ3) is 3.45. The van der Waals surface area contributed by atoms with Gasteiger partial charge in [-0.1, -0.05) is 41.1 Å². The van der Waals surface area contributed by atoms with Crippen LogP contribution in [0.4, 0.5) is 5.69 Å². The third-order valence-electron chi connectivity index (χ3n) is 2.82. The number of rotatable bonds is 3. The fourth-order valence-electron chi connectivity index (χ4n) is 1.81. The molecule has 0 aromatic heterocycles. The average molecular weight is 383 g/mol. The molecule has 0 fully saturated rings. The monoisotopic (exact) mass is 381 g/mol. The summed E-state index contributed by atoms with van der Waals surface area (Å²) in [5.74, 6) is -0.111. The molecule has 2 aromatic carbocycles. The minimum Gasteiger partial charge on any atom is -0.322 e. The van der Waals surface area contributed by atoms with Crippen LogP contribution in [0, 0.1) is 0 Å². The maximum absolute atomic E-state index is 12.3. The number of amides is 1. The molecule has 2 rings (SSSR count). The molecule has 0 saturated carbocycles. The number of hydrogen-bond acceptors (Lipinski definition) is 1. The van der Waals surface area contributed by atoms with Crippen LogP contribution in [-0.4, -0.2) is 5.91 Å². The molecule has 0 aliphatic heterocycles. The minimum atomic E-state index is -0.111. The number of benzene rings is 2. The van der Waals surface area contributed by atoms with Crippen molar-refractivity contribution in [2.75, 3.05) is 5.32 Å². The molecule has 0 bridgehead atoms. The van der Waals surface area contributed by atoms with Crippen molar-refractivity contribution in [3.8, 4) is 0 Å². The Bertz CT molecular complexity index is 611. The van der Waals surface area contributed by atoms with Crippen LogP contribution in [0.2, 0.25) is 0 Å². The van der Waals surface area contributed by atoms with Gasteiger partial charge in [-0.25, -0.2) is 0 Å². The summed E-state index contributed by atoms with van der Waals surface area (Å²) in [6.07, 6.45) is 0.887. The van der Waals surface area contributed by atoms with E-state index in [1.54, 1.807) is 6.07 Å². The van der Waals surface area contributed by atoms with E-state index < -0.39 is 0 Å². The van der Waals surface area contributed by atoms with Gasteiger partial charge in [0, 0.05) is 14.6 Å². The molecule has 19 heavy (non-hydrogen) atoms. The van der Waals surface area contributed by atoms with E-state index in [1.807, 2.05) is 36.4 Å². The molecule has 0 aliphatic rings. The van der Waals surface area contributed by atoms with Gasteiger partial charge >= 0.3 is 0 Å². The van der Waals surface area contributed by atoms with Gasteiger partial charge in [0.2, 0.25) is 0 Å². The summed E-state index contributed by atoms with van der Waals surface area (Å²) in [6.45, 7) is 2.07. The van der Waals surface area contributed by atoms with Crippen molar-refractivity contribution in [1.82, 2.24) is 0 Å². The van der Waals surface area contributed by atoms with Crippen molar-refractivity contribution in [1.29, 1.82) is 0 Å². The standard InChI is InChI=1S/C15H13Br2NO/c1-2-10-5-3-4-6-14(10)18-15(19)12-8-7-11(16)9-13(12)17/h3-9H,2H2,1H3,(H,18,19). The summed E-state index contributed by atoms with van der Waals surface area (Å²) in [5.41, 5.74) is 2.61. The predicted octanol–water partition coefficient (Wildman–Crippen LogP) is 5.03. The Kier molecular flexibility index (Phi) is 4.77. The smallest absolute Gasteiger partial charge is 0.256 e. The Hall–Kier alpha value is -1.13. The molecule has 2 nitrogen and oxygen atoms in total. The van der Waals surface area contributed by atoms with Crippen LogP contribution in [-0.2, 0) is 6.42 Å². The normalized spacial score (nSPS) is 10.3. The number of carbonyl (C=O) groups is 1. The number of carbonyl (C=O) groups excluding carboxylic acids is 1. The molecule has 0 atom stereocenters. The minimum absolute atomic E-state index is 0.111. The Labute approximate surface area is 129 Å². The summed E-state index contributed by atoms with van der Waals surface area (Å²) in [4.78, 5) is 12.3. The Morgan fingerprint density at radius 1 is 1.16 bits per heavy atom. The van der Waals surface area contributed by atoms with Crippen LogP contribution in [0.15, 0.2) is 51.4 Å². The zero-order valence-electron chi connectivity index (χ0n) is 10.4. The van der Waals surface area contributed by atoms with Crippen LogP contribution in [0.1, 0.15) is 22.8 Å². The van der Waals surface area contributed by atoms with Crippen molar-refractivity contribution in [3.05, 3.63) is 62.5 Å². The largest absolute Gasteiger partial charge is 0.322 e. The lowest BCUT2D eigenvalue weighted by atomic mass is 10.1. The Morgan fingerprint density at radius 2 is 1.89 bits per heavy atom. The second-order valence-corrected chi connectivity index (χ2v) is 5.86. The zero-order valence-corrected chi connectivity index (χ0v) is 13.6. The maximum atomic E-state index is 12.3. The van der Waals surface area contributed by atoms with Gasteiger partial charge in [0.15, 0.2) is 0 Å². The van der Waals surface area contributed by atoms with Gasteiger partial charge < -0.3 is 5.32 Å². The second kappa shape index (κ2) is 6.35. The fraction of sp³-hybridized carbons (Fsp3) is 0.133. The summed E-state index contributed by atoms with van der Waals surface area (Å²) in [6, 6.07) is 13.3. The molecule has 2 aromatic rings. The third-order valence-corrected chi connectivity index (χ3v) is 3.97. The summed E-state index contributed by atoms with van der Waals surface area (Å²) in [7, 11) is 0. The first-order valence-corrected chi connectivity index (χ1v) is 7.54. The van der Waals surface area contributed by atoms with Crippen molar-refractivity contribution in [2.45, 2.75) is 13.3 Å². The molecule has 0 aliphatic carbocycles. The summed E-state index contributed by atoms with van der Waals surface area (Å²) in [5, 5.41) is 2.95. The number of anilines is 1. The highest BCUT2D eigenvalue weighted by molar-refractivity contribution is 9.11. The topological polar surface area (TPSA) is 29.1 Å². The Morgan fingerprint density at radius 3 is 2.58 bits per heavy atom. The van der Waals surface area contributed by atoms with Crippen molar-refractivity contribution in [3.63, 3.8) is 0 Å². The number of halogens is 2. The Balaban J connectivity index is 2.26. The highest BCUT2D eigenvalue weighted by Gasteiger charge is 2.11. The lowest BCUT2D eigenvalue weighted by Gasteiger charge is -2.10. The second-order valence-electron chi connectivity index (χ2n) is 4.09. The molecule has 0 saturated heterocycles. The van der Waals surface area contributed by atoms with E-state index in [9.17, 15) is 4.79 Å². The molecule has 0 spiro atoms. The first kappa shape index (κ1) is 14.3. The van der Waals surface area contributed by atoms with Crippen molar-refractivity contribution < 1.29 is 4.79 Å². The highest BCUT2D eigenvalue weighted by atomic mass is 79.9. The van der Waals surface area contributed by atoms with Gasteiger partial charge in [0.25, 0.3) is 5.91 Å². The van der Waals surface area contributed by atoms with E-state index in [2.05, 4.69) is 44.1 Å². The van der Waals surface area contributed by atoms with Crippen LogP contribution >= 0.6 is 31.9 Å². The molecule has 0 unspecified atom stereocenters. The molecule has 0 heterocycles. The number of hydrogen-bond donors (Lipinski definition) is 1. The number of nitrogens with one attached hydrogen (secondary N) is 1. The van der Waals surface area contributed by atoms with E-state index in [4.69, 9.17) is 0 Å². The zero-order chi connectivity index (χ0) is 13.8. The summed E-state index contributed by atoms with van der Waals surface area (Å²) >= 11 is 6.78.